The number of nitrogens with zero attached hydrogens (tertiary/aromatic N) is 1. The van der Waals surface area contributed by atoms with E-state index in [9.17, 15) is 12.8 Å². The van der Waals surface area contributed by atoms with E-state index >= 15 is 0 Å². The fraction of sp³-hybridized carbons (Fsp3) is 0.143. The van der Waals surface area contributed by atoms with Crippen molar-refractivity contribution in [3.05, 3.63) is 89.7 Å². The van der Waals surface area contributed by atoms with E-state index in [1.165, 1.54) is 28.6 Å². The molecule has 0 bridgehead atoms. The van der Waals surface area contributed by atoms with Crippen LogP contribution in [-0.4, -0.2) is 15.5 Å². The largest absolute Gasteiger partial charge is 0.497 e. The summed E-state index contributed by atoms with van der Waals surface area (Å²) in [5.74, 6) is 0.216. The van der Waals surface area contributed by atoms with Gasteiger partial charge in [-0.2, -0.15) is 0 Å². The van der Waals surface area contributed by atoms with Crippen molar-refractivity contribution in [3.63, 3.8) is 0 Å². The molecule has 0 fully saturated rings. The van der Waals surface area contributed by atoms with Gasteiger partial charge in [0.2, 0.25) is 0 Å². The van der Waals surface area contributed by atoms with Gasteiger partial charge in [-0.1, -0.05) is 30.3 Å². The Kier molecular flexibility index (Phi) is 5.46. The van der Waals surface area contributed by atoms with Gasteiger partial charge < -0.3 is 4.74 Å². The van der Waals surface area contributed by atoms with Gasteiger partial charge in [0.25, 0.3) is 10.0 Å². The van der Waals surface area contributed by atoms with Crippen molar-refractivity contribution in [1.82, 2.24) is 0 Å². The highest BCUT2D eigenvalue weighted by molar-refractivity contribution is 7.92. The minimum atomic E-state index is -3.85. The molecule has 0 unspecified atom stereocenters. The molecular weight excluding hydrogens is 365 g/mol. The number of hydrogen-bond donors (Lipinski definition) is 0. The molecule has 3 rings (SSSR count). The van der Waals surface area contributed by atoms with E-state index < -0.39 is 15.8 Å². The summed E-state index contributed by atoms with van der Waals surface area (Å²) in [6.07, 6.45) is 0. The minimum absolute atomic E-state index is 0.0967. The third-order valence-corrected chi connectivity index (χ3v) is 6.17. The van der Waals surface area contributed by atoms with Crippen LogP contribution in [0.15, 0.2) is 77.7 Å². The first-order valence-electron chi connectivity index (χ1n) is 8.38. The highest BCUT2D eigenvalue weighted by Crippen LogP contribution is 2.28. The Labute approximate surface area is 158 Å². The zero-order valence-corrected chi connectivity index (χ0v) is 15.9. The molecule has 4 nitrogen and oxygen atoms in total. The highest BCUT2D eigenvalue weighted by atomic mass is 32.2. The van der Waals surface area contributed by atoms with Crippen LogP contribution in [-0.2, 0) is 16.6 Å². The lowest BCUT2D eigenvalue weighted by Gasteiger charge is -2.25. The molecule has 0 aromatic heterocycles. The summed E-state index contributed by atoms with van der Waals surface area (Å²) in [5, 5.41) is 0. The smallest absolute Gasteiger partial charge is 0.264 e. The molecule has 0 saturated heterocycles. The van der Waals surface area contributed by atoms with Crippen LogP contribution < -0.4 is 9.04 Å². The van der Waals surface area contributed by atoms with Gasteiger partial charge in [-0.3, -0.25) is 4.31 Å². The van der Waals surface area contributed by atoms with E-state index in [2.05, 4.69) is 0 Å². The zero-order valence-electron chi connectivity index (χ0n) is 15.1. The Balaban J connectivity index is 2.09. The molecule has 0 aliphatic carbocycles. The first-order chi connectivity index (χ1) is 12.9. The normalized spacial score (nSPS) is 11.2. The second-order valence-corrected chi connectivity index (χ2v) is 7.94. The lowest BCUT2D eigenvalue weighted by Crippen LogP contribution is -2.31. The molecule has 0 spiro atoms. The van der Waals surface area contributed by atoms with Crippen LogP contribution in [0.3, 0.4) is 0 Å². The van der Waals surface area contributed by atoms with E-state index in [0.29, 0.717) is 17.0 Å². The van der Waals surface area contributed by atoms with Crippen LogP contribution in [0.5, 0.6) is 5.75 Å². The lowest BCUT2D eigenvalue weighted by molar-refractivity contribution is 0.414. The molecule has 3 aromatic carbocycles. The Morgan fingerprint density at radius 3 is 2.33 bits per heavy atom. The first-order valence-corrected chi connectivity index (χ1v) is 9.82. The van der Waals surface area contributed by atoms with Crippen molar-refractivity contribution >= 4 is 15.7 Å². The van der Waals surface area contributed by atoms with E-state index in [0.717, 1.165) is 5.56 Å². The summed E-state index contributed by atoms with van der Waals surface area (Å²) in [7, 11) is -2.29. The summed E-state index contributed by atoms with van der Waals surface area (Å²) in [4.78, 5) is 0.220. The van der Waals surface area contributed by atoms with Crippen LogP contribution in [0.4, 0.5) is 10.1 Å². The monoisotopic (exact) mass is 385 g/mol. The summed E-state index contributed by atoms with van der Waals surface area (Å²) in [6, 6.07) is 19.4. The molecule has 3 aromatic rings. The fourth-order valence-corrected chi connectivity index (χ4v) is 4.50. The van der Waals surface area contributed by atoms with Gasteiger partial charge in [-0.05, 0) is 60.5 Å². The molecule has 27 heavy (non-hydrogen) atoms. The molecule has 0 N–H and O–H groups in total. The first kappa shape index (κ1) is 18.9. The van der Waals surface area contributed by atoms with Crippen molar-refractivity contribution in [1.29, 1.82) is 0 Å². The molecule has 0 amide bonds. The highest BCUT2D eigenvalue weighted by Gasteiger charge is 2.26. The lowest BCUT2D eigenvalue weighted by atomic mass is 10.2. The number of sulfonamides is 1. The predicted molar refractivity (Wildman–Crippen MR) is 104 cm³/mol. The van der Waals surface area contributed by atoms with Crippen molar-refractivity contribution in [3.8, 4) is 5.75 Å². The molecule has 140 valence electrons. The molecule has 0 heterocycles. The van der Waals surface area contributed by atoms with E-state index in [1.807, 2.05) is 6.07 Å². The van der Waals surface area contributed by atoms with Gasteiger partial charge in [-0.15, -0.1) is 0 Å². The summed E-state index contributed by atoms with van der Waals surface area (Å²) < 4.78 is 46.7. The Bertz CT molecular complexity index is 1030. The average Bonchev–Trinajstić information content (AvgIpc) is 2.67. The number of aryl methyl sites for hydroxylation is 1. The second kappa shape index (κ2) is 7.80. The van der Waals surface area contributed by atoms with Crippen molar-refractivity contribution < 1.29 is 17.5 Å². The topological polar surface area (TPSA) is 46.6 Å². The van der Waals surface area contributed by atoms with E-state index in [-0.39, 0.29) is 11.4 Å². The SMILES string of the molecule is COc1cccc(CN(c2ccc(F)cc2)S(=O)(=O)c2ccccc2C)c1. The van der Waals surface area contributed by atoms with Gasteiger partial charge in [0, 0.05) is 0 Å². The maximum Gasteiger partial charge on any atom is 0.264 e. The van der Waals surface area contributed by atoms with Crippen molar-refractivity contribution in [2.45, 2.75) is 18.4 Å². The summed E-state index contributed by atoms with van der Waals surface area (Å²) in [6.45, 7) is 1.85. The second-order valence-electron chi connectivity index (χ2n) is 6.11. The average molecular weight is 385 g/mol. The van der Waals surface area contributed by atoms with E-state index in [1.54, 1.807) is 56.5 Å². The molecular formula is C21H20FNO3S. The minimum Gasteiger partial charge on any atom is -0.497 e. The number of anilines is 1. The van der Waals surface area contributed by atoms with Crippen LogP contribution in [0.2, 0.25) is 0 Å². The Morgan fingerprint density at radius 1 is 0.963 bits per heavy atom. The molecule has 0 aliphatic rings. The number of rotatable bonds is 6. The predicted octanol–water partition coefficient (Wildman–Crippen LogP) is 4.54. The fourth-order valence-electron chi connectivity index (χ4n) is 2.82. The Hall–Kier alpha value is -2.86. The van der Waals surface area contributed by atoms with Gasteiger partial charge in [0.1, 0.15) is 11.6 Å². The quantitative estimate of drug-likeness (QED) is 0.626. The summed E-state index contributed by atoms with van der Waals surface area (Å²) >= 11 is 0. The molecule has 6 heteroatoms. The number of halogens is 1. The number of hydrogen-bond acceptors (Lipinski definition) is 3. The molecule has 0 saturated carbocycles. The maximum atomic E-state index is 13.4. The van der Waals surface area contributed by atoms with Crippen LogP contribution in [0.25, 0.3) is 0 Å². The molecule has 0 atom stereocenters. The van der Waals surface area contributed by atoms with Gasteiger partial charge in [0.05, 0.1) is 24.2 Å². The maximum absolute atomic E-state index is 13.4. The van der Waals surface area contributed by atoms with Crippen LogP contribution >= 0.6 is 0 Å². The number of ether oxygens (including phenoxy) is 1. The van der Waals surface area contributed by atoms with Gasteiger partial charge >= 0.3 is 0 Å². The number of methoxy groups -OCH3 is 1. The standard InChI is InChI=1S/C21H20FNO3S/c1-16-6-3-4-9-21(16)27(24,25)23(19-12-10-18(22)11-13-19)15-17-7-5-8-20(14-17)26-2/h3-14H,15H2,1-2H3. The third-order valence-electron chi connectivity index (χ3n) is 4.24. The molecule has 0 aliphatic heterocycles. The van der Waals surface area contributed by atoms with Crippen LogP contribution in [0, 0.1) is 12.7 Å². The van der Waals surface area contributed by atoms with E-state index in [4.69, 9.17) is 4.74 Å². The third kappa shape index (κ3) is 4.11. The van der Waals surface area contributed by atoms with Crippen LogP contribution in [0.1, 0.15) is 11.1 Å². The Morgan fingerprint density at radius 2 is 1.67 bits per heavy atom. The van der Waals surface area contributed by atoms with Gasteiger partial charge in [0.15, 0.2) is 0 Å². The van der Waals surface area contributed by atoms with Crippen molar-refractivity contribution in [2.75, 3.05) is 11.4 Å². The summed E-state index contributed by atoms with van der Waals surface area (Å²) in [5.41, 5.74) is 1.80. The van der Waals surface area contributed by atoms with Gasteiger partial charge in [-0.25, -0.2) is 12.8 Å². The molecule has 0 radical (unpaired) electrons. The van der Waals surface area contributed by atoms with Crippen molar-refractivity contribution in [2.24, 2.45) is 0 Å². The zero-order chi connectivity index (χ0) is 19.4. The number of benzene rings is 3.